The van der Waals surface area contributed by atoms with E-state index in [1.54, 1.807) is 6.07 Å². The number of hydrogen-bond acceptors (Lipinski definition) is 6. The van der Waals surface area contributed by atoms with Gasteiger partial charge in [0, 0.05) is 12.1 Å². The molecule has 104 valence electrons. The third kappa shape index (κ3) is 2.94. The van der Waals surface area contributed by atoms with Gasteiger partial charge < -0.3 is 13.9 Å². The third-order valence-electron chi connectivity index (χ3n) is 2.52. The van der Waals surface area contributed by atoms with E-state index in [4.69, 9.17) is 13.9 Å². The minimum Gasteiger partial charge on any atom is -0.497 e. The first-order chi connectivity index (χ1) is 9.61. The zero-order valence-electron chi connectivity index (χ0n) is 10.6. The van der Waals surface area contributed by atoms with E-state index in [9.17, 15) is 14.9 Å². The standard InChI is InChI=1S/C13H11NO6/c1-18-9-4-5-10(14(16)17)13(7-9)20-8-11(15)12-3-2-6-19-12/h2-7H,8H2,1H3. The van der Waals surface area contributed by atoms with Gasteiger partial charge >= 0.3 is 5.69 Å². The molecule has 1 aromatic heterocycles. The molecule has 0 fully saturated rings. The van der Waals surface area contributed by atoms with Crippen LogP contribution in [-0.4, -0.2) is 24.4 Å². The van der Waals surface area contributed by atoms with Gasteiger partial charge in [-0.15, -0.1) is 0 Å². The van der Waals surface area contributed by atoms with Crippen molar-refractivity contribution in [1.82, 2.24) is 0 Å². The van der Waals surface area contributed by atoms with Crippen molar-refractivity contribution in [2.75, 3.05) is 13.7 Å². The van der Waals surface area contributed by atoms with Crippen molar-refractivity contribution in [3.63, 3.8) is 0 Å². The second-order valence-corrected chi connectivity index (χ2v) is 3.78. The molecule has 1 aromatic carbocycles. The van der Waals surface area contributed by atoms with E-state index in [1.165, 1.54) is 37.6 Å². The minimum absolute atomic E-state index is 0.0331. The van der Waals surface area contributed by atoms with E-state index in [2.05, 4.69) is 0 Å². The molecule has 0 N–H and O–H groups in total. The second kappa shape index (κ2) is 5.87. The number of nitrogens with zero attached hydrogens (tertiary/aromatic N) is 1. The molecular formula is C13H11NO6. The van der Waals surface area contributed by atoms with Crippen molar-refractivity contribution in [2.45, 2.75) is 0 Å². The van der Waals surface area contributed by atoms with Gasteiger partial charge in [-0.2, -0.15) is 0 Å². The Hall–Kier alpha value is -2.83. The van der Waals surface area contributed by atoms with Crippen LogP contribution < -0.4 is 9.47 Å². The highest BCUT2D eigenvalue weighted by Crippen LogP contribution is 2.31. The average Bonchev–Trinajstić information content (AvgIpc) is 2.98. The van der Waals surface area contributed by atoms with E-state index in [0.717, 1.165) is 0 Å². The van der Waals surface area contributed by atoms with Crippen LogP contribution >= 0.6 is 0 Å². The fraction of sp³-hybridized carbons (Fsp3) is 0.154. The van der Waals surface area contributed by atoms with Crippen LogP contribution in [0.4, 0.5) is 5.69 Å². The number of ether oxygens (including phenoxy) is 2. The summed E-state index contributed by atoms with van der Waals surface area (Å²) in [6.07, 6.45) is 1.36. The van der Waals surface area contributed by atoms with Gasteiger partial charge in [-0.05, 0) is 18.2 Å². The first-order valence-corrected chi connectivity index (χ1v) is 5.63. The summed E-state index contributed by atoms with van der Waals surface area (Å²) in [6, 6.07) is 7.12. The number of furan rings is 1. The number of rotatable bonds is 6. The molecule has 0 saturated heterocycles. The normalized spacial score (nSPS) is 10.1. The summed E-state index contributed by atoms with van der Waals surface area (Å²) in [5, 5.41) is 10.9. The predicted octanol–water partition coefficient (Wildman–Crippen LogP) is 2.46. The summed E-state index contributed by atoms with van der Waals surface area (Å²) in [5.41, 5.74) is -0.238. The molecule has 0 aliphatic rings. The van der Waals surface area contributed by atoms with Crippen LogP contribution in [0, 0.1) is 10.1 Å². The molecule has 0 amide bonds. The molecule has 0 aliphatic carbocycles. The zero-order valence-corrected chi connectivity index (χ0v) is 10.6. The number of Topliss-reactive ketones (excluding diaryl/α,β-unsaturated/α-hetero) is 1. The second-order valence-electron chi connectivity index (χ2n) is 3.78. The topological polar surface area (TPSA) is 91.8 Å². The van der Waals surface area contributed by atoms with Crippen molar-refractivity contribution >= 4 is 11.5 Å². The molecule has 7 nitrogen and oxygen atoms in total. The molecule has 0 aliphatic heterocycles. The largest absolute Gasteiger partial charge is 0.497 e. The lowest BCUT2D eigenvalue weighted by Crippen LogP contribution is -2.11. The van der Waals surface area contributed by atoms with E-state index in [1.807, 2.05) is 0 Å². The van der Waals surface area contributed by atoms with Crippen LogP contribution in [0.15, 0.2) is 41.0 Å². The summed E-state index contributed by atoms with van der Waals surface area (Å²) >= 11 is 0. The highest BCUT2D eigenvalue weighted by atomic mass is 16.6. The number of carbonyl (C=O) groups excluding carboxylic acids is 1. The smallest absolute Gasteiger partial charge is 0.311 e. The van der Waals surface area contributed by atoms with Crippen LogP contribution in [0.25, 0.3) is 0 Å². The molecule has 1 heterocycles. The summed E-state index contributed by atoms with van der Waals surface area (Å²) in [4.78, 5) is 22.0. The first kappa shape index (κ1) is 13.6. The van der Waals surface area contributed by atoms with Crippen molar-refractivity contribution in [3.05, 3.63) is 52.5 Å². The van der Waals surface area contributed by atoms with Gasteiger partial charge in [0.05, 0.1) is 18.3 Å². The number of hydrogen-bond donors (Lipinski definition) is 0. The van der Waals surface area contributed by atoms with Gasteiger partial charge in [-0.1, -0.05) is 0 Å². The SMILES string of the molecule is COc1ccc([N+](=O)[O-])c(OCC(=O)c2ccco2)c1. The number of benzene rings is 1. The number of carbonyl (C=O) groups is 1. The maximum atomic E-state index is 11.7. The Labute approximate surface area is 113 Å². The van der Waals surface area contributed by atoms with Crippen LogP contribution in [0.3, 0.4) is 0 Å². The molecule has 2 aromatic rings. The van der Waals surface area contributed by atoms with Crippen molar-refractivity contribution in [1.29, 1.82) is 0 Å². The van der Waals surface area contributed by atoms with Gasteiger partial charge in [0.1, 0.15) is 5.75 Å². The number of methoxy groups -OCH3 is 1. The molecule has 0 radical (unpaired) electrons. The Morgan fingerprint density at radius 1 is 1.40 bits per heavy atom. The number of nitro groups is 1. The summed E-state index contributed by atoms with van der Waals surface area (Å²) < 4.78 is 15.1. The van der Waals surface area contributed by atoms with E-state index in [0.29, 0.717) is 5.75 Å². The van der Waals surface area contributed by atoms with Crippen LogP contribution in [0.5, 0.6) is 11.5 Å². The maximum Gasteiger partial charge on any atom is 0.311 e. The summed E-state index contributed by atoms with van der Waals surface area (Å²) in [6.45, 7) is -0.360. The zero-order chi connectivity index (χ0) is 14.5. The van der Waals surface area contributed by atoms with E-state index < -0.39 is 10.7 Å². The molecular weight excluding hydrogens is 266 g/mol. The maximum absolute atomic E-state index is 11.7. The molecule has 0 saturated carbocycles. The van der Waals surface area contributed by atoms with E-state index >= 15 is 0 Å². The molecule has 2 rings (SSSR count). The minimum atomic E-state index is -0.591. The lowest BCUT2D eigenvalue weighted by Gasteiger charge is -2.07. The molecule has 20 heavy (non-hydrogen) atoms. The molecule has 0 unspecified atom stereocenters. The van der Waals surface area contributed by atoms with Crippen LogP contribution in [0.2, 0.25) is 0 Å². The van der Waals surface area contributed by atoms with Gasteiger partial charge in [-0.3, -0.25) is 14.9 Å². The summed E-state index contributed by atoms with van der Waals surface area (Å²) in [7, 11) is 1.43. The molecule has 0 atom stereocenters. The number of ketones is 1. The Bertz CT molecular complexity index is 620. The van der Waals surface area contributed by atoms with E-state index in [-0.39, 0.29) is 23.8 Å². The highest BCUT2D eigenvalue weighted by molar-refractivity contribution is 5.94. The number of nitro benzene ring substituents is 1. The Morgan fingerprint density at radius 2 is 2.20 bits per heavy atom. The highest BCUT2D eigenvalue weighted by Gasteiger charge is 2.18. The van der Waals surface area contributed by atoms with Crippen molar-refractivity contribution < 1.29 is 23.6 Å². The van der Waals surface area contributed by atoms with Gasteiger partial charge in [0.15, 0.2) is 12.4 Å². The van der Waals surface area contributed by atoms with Gasteiger partial charge in [0.2, 0.25) is 11.5 Å². The van der Waals surface area contributed by atoms with Crippen LogP contribution in [-0.2, 0) is 0 Å². The lowest BCUT2D eigenvalue weighted by atomic mass is 10.2. The average molecular weight is 277 g/mol. The lowest BCUT2D eigenvalue weighted by molar-refractivity contribution is -0.385. The Morgan fingerprint density at radius 3 is 2.80 bits per heavy atom. The summed E-state index contributed by atoms with van der Waals surface area (Å²) in [5.74, 6) is 0.0907. The Kier molecular flexibility index (Phi) is 3.99. The quantitative estimate of drug-likeness (QED) is 0.457. The molecule has 0 spiro atoms. The van der Waals surface area contributed by atoms with Gasteiger partial charge in [-0.25, -0.2) is 0 Å². The third-order valence-corrected chi connectivity index (χ3v) is 2.52. The van der Waals surface area contributed by atoms with Gasteiger partial charge in [0.25, 0.3) is 0 Å². The van der Waals surface area contributed by atoms with Crippen molar-refractivity contribution in [3.8, 4) is 11.5 Å². The molecule has 7 heteroatoms. The Balaban J connectivity index is 2.15. The fourth-order valence-electron chi connectivity index (χ4n) is 1.54. The molecule has 0 bridgehead atoms. The van der Waals surface area contributed by atoms with Crippen molar-refractivity contribution in [2.24, 2.45) is 0 Å². The predicted molar refractivity (Wildman–Crippen MR) is 68.2 cm³/mol. The van der Waals surface area contributed by atoms with Crippen LogP contribution in [0.1, 0.15) is 10.6 Å². The monoisotopic (exact) mass is 277 g/mol. The fourth-order valence-corrected chi connectivity index (χ4v) is 1.54. The first-order valence-electron chi connectivity index (χ1n) is 5.63.